The second-order valence-electron chi connectivity index (χ2n) is 1.86. The van der Waals surface area contributed by atoms with Crippen molar-refractivity contribution in [1.82, 2.24) is 8.15 Å². The summed E-state index contributed by atoms with van der Waals surface area (Å²) in [5.41, 5.74) is -0.629. The van der Waals surface area contributed by atoms with Gasteiger partial charge < -0.3 is 0 Å². The van der Waals surface area contributed by atoms with Crippen LogP contribution in [-0.2, 0) is 7.05 Å². The predicted octanol–water partition coefficient (Wildman–Crippen LogP) is -1.79. The number of aromatic nitrogens is 2. The Hall–Kier alpha value is -0.801. The quantitative estimate of drug-likeness (QED) is 0.469. The van der Waals surface area contributed by atoms with Crippen molar-refractivity contribution in [3.05, 3.63) is 33.1 Å². The van der Waals surface area contributed by atoms with Crippen molar-refractivity contribution in [1.29, 1.82) is 0 Å². The van der Waals surface area contributed by atoms with E-state index in [-0.39, 0.29) is 11.2 Å². The number of rotatable bonds is 0. The summed E-state index contributed by atoms with van der Waals surface area (Å²) in [5, 5.41) is 0. The molecule has 1 aromatic heterocycles. The second-order valence-corrected chi connectivity index (χ2v) is 2.70. The van der Waals surface area contributed by atoms with Gasteiger partial charge in [0.05, 0.1) is 0 Å². The molecule has 0 radical (unpaired) electrons. The van der Waals surface area contributed by atoms with Gasteiger partial charge in [0.15, 0.2) is 0 Å². The summed E-state index contributed by atoms with van der Waals surface area (Å²) in [5.74, 6) is 0. The molecule has 5 heteroatoms. The van der Waals surface area contributed by atoms with Crippen molar-refractivity contribution < 1.29 is 0 Å². The van der Waals surface area contributed by atoms with Gasteiger partial charge in [-0.1, -0.05) is 0 Å². The van der Waals surface area contributed by atoms with Gasteiger partial charge in [0.2, 0.25) is 0 Å². The molecule has 0 aliphatic carbocycles. The number of aryl methyl sites for hydroxylation is 1. The standard InChI is InChI=1S/C5H6N2O2Se/c1-6-3-2-4(8)7(10)5(6)9/h2-3,10H,1H3. The molecule has 0 N–H and O–H groups in total. The maximum absolute atomic E-state index is 10.9. The summed E-state index contributed by atoms with van der Waals surface area (Å²) in [7, 11) is 1.59. The van der Waals surface area contributed by atoms with Crippen LogP contribution in [0.1, 0.15) is 0 Å². The topological polar surface area (TPSA) is 44.0 Å². The Balaban J connectivity index is 3.66. The molecule has 0 spiro atoms. The first kappa shape index (κ1) is 7.31. The monoisotopic (exact) mass is 206 g/mol. The van der Waals surface area contributed by atoms with Gasteiger partial charge in [-0.2, -0.15) is 0 Å². The van der Waals surface area contributed by atoms with Crippen molar-refractivity contribution in [2.45, 2.75) is 0 Å². The molecule has 54 valence electrons. The summed E-state index contributed by atoms with van der Waals surface area (Å²) in [6.07, 6.45) is 1.44. The minimum absolute atomic E-state index is 0.303. The molecule has 0 saturated heterocycles. The van der Waals surface area contributed by atoms with Crippen LogP contribution in [0.4, 0.5) is 0 Å². The van der Waals surface area contributed by atoms with Crippen LogP contribution >= 0.6 is 0 Å². The van der Waals surface area contributed by atoms with Crippen LogP contribution in [0.15, 0.2) is 21.9 Å². The van der Waals surface area contributed by atoms with Gasteiger partial charge in [-0.25, -0.2) is 0 Å². The van der Waals surface area contributed by atoms with Crippen LogP contribution < -0.4 is 11.2 Å². The normalized spacial score (nSPS) is 9.80. The van der Waals surface area contributed by atoms with E-state index in [1.807, 2.05) is 16.2 Å². The molecule has 0 unspecified atom stereocenters. The fourth-order valence-electron chi connectivity index (χ4n) is 0.554. The fourth-order valence-corrected chi connectivity index (χ4v) is 0.989. The fraction of sp³-hybridized carbons (Fsp3) is 0.200. The second kappa shape index (κ2) is 2.44. The summed E-state index contributed by atoms with van der Waals surface area (Å²) < 4.78 is 2.33. The molecule has 0 aliphatic rings. The first-order valence-electron chi connectivity index (χ1n) is 2.61. The van der Waals surface area contributed by atoms with Crippen molar-refractivity contribution in [3.63, 3.8) is 0 Å². The van der Waals surface area contributed by atoms with Gasteiger partial charge in [-0.3, -0.25) is 0 Å². The van der Waals surface area contributed by atoms with Crippen molar-refractivity contribution >= 4 is 16.2 Å². The summed E-state index contributed by atoms with van der Waals surface area (Å²) in [6, 6.07) is 1.33. The Morgan fingerprint density at radius 1 is 1.50 bits per heavy atom. The first-order valence-corrected chi connectivity index (χ1v) is 3.45. The molecular formula is C5H6N2O2Se. The molecule has 0 bridgehead atoms. The molecular weight excluding hydrogens is 199 g/mol. The van der Waals surface area contributed by atoms with Crippen molar-refractivity contribution in [3.8, 4) is 0 Å². The van der Waals surface area contributed by atoms with E-state index in [4.69, 9.17) is 0 Å². The molecule has 0 aliphatic heterocycles. The summed E-state index contributed by atoms with van der Waals surface area (Å²) in [4.78, 5) is 21.6. The van der Waals surface area contributed by atoms with E-state index in [1.54, 1.807) is 7.05 Å². The van der Waals surface area contributed by atoms with Gasteiger partial charge in [0, 0.05) is 0 Å². The molecule has 0 amide bonds. The molecule has 0 aromatic carbocycles. The zero-order valence-corrected chi connectivity index (χ0v) is 7.19. The molecule has 0 fully saturated rings. The average Bonchev–Trinajstić information content (AvgIpc) is 1.93. The van der Waals surface area contributed by atoms with E-state index in [0.717, 1.165) is 3.58 Å². The third-order valence-electron chi connectivity index (χ3n) is 1.13. The van der Waals surface area contributed by atoms with Crippen LogP contribution in [0.2, 0.25) is 0 Å². The molecule has 0 atom stereocenters. The van der Waals surface area contributed by atoms with Gasteiger partial charge >= 0.3 is 64.5 Å². The number of hydrogen-bond acceptors (Lipinski definition) is 2. The van der Waals surface area contributed by atoms with E-state index >= 15 is 0 Å². The van der Waals surface area contributed by atoms with E-state index in [0.29, 0.717) is 0 Å². The predicted molar refractivity (Wildman–Crippen MR) is 38.5 cm³/mol. The van der Waals surface area contributed by atoms with Gasteiger partial charge in [-0.05, 0) is 0 Å². The molecule has 1 rings (SSSR count). The third kappa shape index (κ3) is 1.05. The molecule has 1 aromatic rings. The van der Waals surface area contributed by atoms with Crippen LogP contribution in [0, 0.1) is 0 Å². The van der Waals surface area contributed by atoms with Crippen LogP contribution in [-0.4, -0.2) is 24.4 Å². The molecule has 10 heavy (non-hydrogen) atoms. The Morgan fingerprint density at radius 2 is 2.10 bits per heavy atom. The van der Waals surface area contributed by atoms with Crippen LogP contribution in [0.3, 0.4) is 0 Å². The van der Waals surface area contributed by atoms with E-state index in [2.05, 4.69) is 0 Å². The summed E-state index contributed by atoms with van der Waals surface area (Å²) in [6.45, 7) is 0. The summed E-state index contributed by atoms with van der Waals surface area (Å²) >= 11 is 1.90. The van der Waals surface area contributed by atoms with Crippen LogP contribution in [0.5, 0.6) is 0 Å². The number of hydrogen-bond donors (Lipinski definition) is 0. The SMILES string of the molecule is Cn1ccc(=O)n([SeH])c1=O. The Morgan fingerprint density at radius 3 is 2.60 bits per heavy atom. The molecule has 1 heterocycles. The minimum atomic E-state index is -0.326. The van der Waals surface area contributed by atoms with Gasteiger partial charge in [0.25, 0.3) is 0 Å². The van der Waals surface area contributed by atoms with Crippen LogP contribution in [0.25, 0.3) is 0 Å². The number of nitrogens with zero attached hydrogens (tertiary/aromatic N) is 2. The van der Waals surface area contributed by atoms with Crippen molar-refractivity contribution in [2.75, 3.05) is 0 Å². The Labute approximate surface area is 65.1 Å². The zero-order chi connectivity index (χ0) is 7.72. The third-order valence-corrected chi connectivity index (χ3v) is 1.90. The van der Waals surface area contributed by atoms with E-state index < -0.39 is 0 Å². The first-order chi connectivity index (χ1) is 4.63. The van der Waals surface area contributed by atoms with Gasteiger partial charge in [0.1, 0.15) is 0 Å². The maximum atomic E-state index is 10.9. The molecule has 0 saturated carbocycles. The molecule has 4 nitrogen and oxygen atoms in total. The van der Waals surface area contributed by atoms with E-state index in [9.17, 15) is 9.59 Å². The Bertz CT molecular complexity index is 351. The average molecular weight is 205 g/mol. The van der Waals surface area contributed by atoms with Crippen molar-refractivity contribution in [2.24, 2.45) is 7.05 Å². The van der Waals surface area contributed by atoms with E-state index in [1.165, 1.54) is 16.8 Å². The zero-order valence-electron chi connectivity index (χ0n) is 5.31. The Kier molecular flexibility index (Phi) is 1.78. The van der Waals surface area contributed by atoms with Gasteiger partial charge in [-0.15, -0.1) is 0 Å².